The van der Waals surface area contributed by atoms with Gasteiger partial charge in [0.1, 0.15) is 5.75 Å². The molecule has 3 aromatic carbocycles. The van der Waals surface area contributed by atoms with Gasteiger partial charge in [0, 0.05) is 36.6 Å². The van der Waals surface area contributed by atoms with Crippen molar-refractivity contribution < 1.29 is 27.4 Å². The lowest BCUT2D eigenvalue weighted by Gasteiger charge is -2.25. The van der Waals surface area contributed by atoms with E-state index in [4.69, 9.17) is 14.2 Å². The Morgan fingerprint density at radius 3 is 2.44 bits per heavy atom. The van der Waals surface area contributed by atoms with Crippen molar-refractivity contribution in [3.05, 3.63) is 90.3 Å². The summed E-state index contributed by atoms with van der Waals surface area (Å²) in [7, 11) is 2.07. The maximum Gasteiger partial charge on any atom is 0.258 e. The first-order valence-corrected chi connectivity index (χ1v) is 14.3. The van der Waals surface area contributed by atoms with E-state index in [1.807, 2.05) is 30.3 Å². The van der Waals surface area contributed by atoms with E-state index in [1.165, 1.54) is 18.1 Å². The number of nitrogens with zero attached hydrogens (tertiary/aromatic N) is 4. The molecule has 212 valence electrons. The molecule has 4 aromatic rings. The molecule has 0 radical (unpaired) electrons. The van der Waals surface area contributed by atoms with E-state index in [0.717, 1.165) is 15.4 Å². The minimum Gasteiger partial charge on any atom is -0.497 e. The highest BCUT2D eigenvalue weighted by molar-refractivity contribution is 7.89. The van der Waals surface area contributed by atoms with Crippen LogP contribution in [0.1, 0.15) is 23.6 Å². The third-order valence-corrected chi connectivity index (χ3v) is 8.93. The van der Waals surface area contributed by atoms with Gasteiger partial charge >= 0.3 is 0 Å². The van der Waals surface area contributed by atoms with Crippen molar-refractivity contribution in [1.29, 1.82) is 0 Å². The molecule has 0 spiro atoms. The fourth-order valence-corrected chi connectivity index (χ4v) is 6.18. The number of sulfonamides is 1. The molecule has 10 nitrogen and oxygen atoms in total. The van der Waals surface area contributed by atoms with Crippen LogP contribution in [0.3, 0.4) is 0 Å². The number of hydrogen-bond donors (Lipinski definition) is 0. The monoisotopic (exact) mass is 574 g/mol. The molecule has 0 fully saturated rings. The summed E-state index contributed by atoms with van der Waals surface area (Å²) in [6.07, 6.45) is 3.56. The van der Waals surface area contributed by atoms with Crippen molar-refractivity contribution >= 4 is 32.4 Å². The molecule has 0 N–H and O–H groups in total. The van der Waals surface area contributed by atoms with Crippen LogP contribution in [-0.4, -0.2) is 69.3 Å². The summed E-state index contributed by atoms with van der Waals surface area (Å²) in [6.45, 7) is -0.410. The summed E-state index contributed by atoms with van der Waals surface area (Å²) in [5, 5.41) is 7.27. The normalized spacial score (nSPS) is 15.2. The fourth-order valence-electron chi connectivity index (χ4n) is 4.85. The lowest BCUT2D eigenvalue weighted by atomic mass is 9.98. The zero-order valence-corrected chi connectivity index (χ0v) is 24.0. The third kappa shape index (κ3) is 5.46. The number of hydrogen-bond acceptors (Lipinski definition) is 8. The fraction of sp³-hybridized carbons (Fsp3) is 0.233. The second-order valence-corrected chi connectivity index (χ2v) is 11.5. The number of likely N-dealkylation sites (N-methyl/N-ethyl adjacent to an activating group) is 1. The van der Waals surface area contributed by atoms with Crippen LogP contribution in [0.4, 0.5) is 0 Å². The number of carbonyl (C=O) groups is 1. The molecule has 0 saturated heterocycles. The van der Waals surface area contributed by atoms with Gasteiger partial charge in [-0.3, -0.25) is 9.78 Å². The van der Waals surface area contributed by atoms with E-state index in [2.05, 4.69) is 10.1 Å². The Balaban J connectivity index is 1.48. The topological polar surface area (TPSA) is 111 Å². The maximum absolute atomic E-state index is 13.8. The summed E-state index contributed by atoms with van der Waals surface area (Å²) in [6, 6.07) is 19.0. The van der Waals surface area contributed by atoms with Gasteiger partial charge in [0.25, 0.3) is 5.91 Å². The number of pyridine rings is 1. The van der Waals surface area contributed by atoms with Gasteiger partial charge in [-0.1, -0.05) is 18.2 Å². The first-order chi connectivity index (χ1) is 19.8. The minimum atomic E-state index is -4.01. The number of hydrazone groups is 1. The molecule has 41 heavy (non-hydrogen) atoms. The van der Waals surface area contributed by atoms with E-state index in [9.17, 15) is 13.2 Å². The Morgan fingerprint density at radius 2 is 1.73 bits per heavy atom. The van der Waals surface area contributed by atoms with Gasteiger partial charge in [0.15, 0.2) is 11.5 Å². The van der Waals surface area contributed by atoms with Crippen LogP contribution in [0, 0.1) is 0 Å². The van der Waals surface area contributed by atoms with Crippen LogP contribution < -0.4 is 14.2 Å². The molecule has 1 atom stereocenters. The molecule has 2 heterocycles. The molecule has 1 aliphatic heterocycles. The van der Waals surface area contributed by atoms with E-state index >= 15 is 0 Å². The number of aromatic nitrogens is 1. The first kappa shape index (κ1) is 28.1. The highest BCUT2D eigenvalue weighted by Gasteiger charge is 2.36. The van der Waals surface area contributed by atoms with E-state index in [-0.39, 0.29) is 4.90 Å². The molecule has 0 bridgehead atoms. The van der Waals surface area contributed by atoms with Crippen LogP contribution in [0.5, 0.6) is 17.2 Å². The molecular weight excluding hydrogens is 544 g/mol. The maximum atomic E-state index is 13.8. The van der Waals surface area contributed by atoms with Crippen LogP contribution in [-0.2, 0) is 14.8 Å². The van der Waals surface area contributed by atoms with Crippen LogP contribution in [0.15, 0.2) is 89.1 Å². The predicted octanol–water partition coefficient (Wildman–Crippen LogP) is 4.26. The number of benzene rings is 3. The van der Waals surface area contributed by atoms with Gasteiger partial charge < -0.3 is 14.2 Å². The Kier molecular flexibility index (Phi) is 7.91. The van der Waals surface area contributed by atoms with Crippen molar-refractivity contribution in [2.75, 3.05) is 34.9 Å². The van der Waals surface area contributed by atoms with Crippen LogP contribution in [0.2, 0.25) is 0 Å². The van der Waals surface area contributed by atoms with Gasteiger partial charge in [-0.15, -0.1) is 0 Å². The van der Waals surface area contributed by atoms with Crippen molar-refractivity contribution in [2.24, 2.45) is 5.10 Å². The number of carbonyl (C=O) groups excluding carboxylic acids is 1. The Bertz CT molecular complexity index is 1720. The molecule has 1 aliphatic rings. The zero-order valence-electron chi connectivity index (χ0n) is 23.1. The van der Waals surface area contributed by atoms with Crippen molar-refractivity contribution in [1.82, 2.24) is 14.3 Å². The largest absolute Gasteiger partial charge is 0.497 e. The quantitative estimate of drug-likeness (QED) is 0.294. The van der Waals surface area contributed by atoms with Gasteiger partial charge in [-0.25, -0.2) is 13.4 Å². The molecule has 1 aromatic heterocycles. The third-order valence-electron chi connectivity index (χ3n) is 7.07. The molecule has 1 unspecified atom stereocenters. The lowest BCUT2D eigenvalue weighted by molar-refractivity contribution is -0.133. The van der Waals surface area contributed by atoms with Crippen molar-refractivity contribution in [3.8, 4) is 17.2 Å². The predicted molar refractivity (Wildman–Crippen MR) is 155 cm³/mol. The molecule has 1 amide bonds. The van der Waals surface area contributed by atoms with Crippen LogP contribution in [0.25, 0.3) is 10.8 Å². The number of ether oxygens (including phenoxy) is 3. The highest BCUT2D eigenvalue weighted by Crippen LogP contribution is 2.38. The van der Waals surface area contributed by atoms with Crippen molar-refractivity contribution in [3.63, 3.8) is 0 Å². The molecule has 0 aliphatic carbocycles. The molecule has 11 heteroatoms. The minimum absolute atomic E-state index is 0.105. The van der Waals surface area contributed by atoms with Gasteiger partial charge in [-0.2, -0.15) is 9.41 Å². The Hall–Kier alpha value is -4.48. The summed E-state index contributed by atoms with van der Waals surface area (Å²) < 4.78 is 44.4. The average Bonchev–Trinajstić information content (AvgIpc) is 3.46. The lowest BCUT2D eigenvalue weighted by Crippen LogP contribution is -2.39. The molecule has 5 rings (SSSR count). The number of rotatable bonds is 9. The van der Waals surface area contributed by atoms with Gasteiger partial charge in [0.05, 0.1) is 44.5 Å². The van der Waals surface area contributed by atoms with Gasteiger partial charge in [-0.05, 0) is 59.7 Å². The second kappa shape index (κ2) is 11.6. The summed E-state index contributed by atoms with van der Waals surface area (Å²) in [5.74, 6) is 1.30. The first-order valence-electron chi connectivity index (χ1n) is 12.8. The number of methoxy groups -OCH3 is 3. The average molecular weight is 575 g/mol. The number of amides is 1. The van der Waals surface area contributed by atoms with E-state index < -0.39 is 28.5 Å². The smallest absolute Gasteiger partial charge is 0.258 e. The zero-order chi connectivity index (χ0) is 29.1. The molecule has 0 saturated carbocycles. The Morgan fingerprint density at radius 1 is 0.976 bits per heavy atom. The van der Waals surface area contributed by atoms with Crippen molar-refractivity contribution in [2.45, 2.75) is 17.4 Å². The van der Waals surface area contributed by atoms with E-state index in [1.54, 1.807) is 64.1 Å². The van der Waals surface area contributed by atoms with Crippen LogP contribution >= 0.6 is 0 Å². The standard InChI is InChI=1S/C30H30N4O6S/c1-33(41(36,37)29-7-5-6-22-18-31-15-14-24(22)29)19-30(35)34-26(21-10-13-27(39-3)28(16-21)40-4)17-25(32-34)20-8-11-23(38-2)12-9-20/h5-16,18,26H,17,19H2,1-4H3. The summed E-state index contributed by atoms with van der Waals surface area (Å²) >= 11 is 0. The van der Waals surface area contributed by atoms with Gasteiger partial charge in [0.2, 0.25) is 10.0 Å². The SMILES string of the molecule is COc1ccc(C2=NN(C(=O)CN(C)S(=O)(=O)c3cccc4cnccc34)C(c3ccc(OC)c(OC)c3)C2)cc1. The highest BCUT2D eigenvalue weighted by atomic mass is 32.2. The number of fused-ring (bicyclic) bond motifs is 1. The summed E-state index contributed by atoms with van der Waals surface area (Å²) in [5.41, 5.74) is 2.29. The summed E-state index contributed by atoms with van der Waals surface area (Å²) in [4.78, 5) is 17.9. The van der Waals surface area contributed by atoms with E-state index in [0.29, 0.717) is 40.2 Å². The second-order valence-electron chi connectivity index (χ2n) is 9.46. The molecular formula is C30H30N4O6S. The Labute approximate surface area is 238 Å².